The molecule has 0 saturated carbocycles. The van der Waals surface area contributed by atoms with Gasteiger partial charge in [-0.2, -0.15) is 10.0 Å². The molecule has 2 heterocycles. The van der Waals surface area contributed by atoms with Crippen LogP contribution in [0.5, 0.6) is 0 Å². The fraction of sp³-hybridized carbons (Fsp3) is 0.226. The van der Waals surface area contributed by atoms with E-state index in [0.717, 1.165) is 5.46 Å². The van der Waals surface area contributed by atoms with E-state index in [9.17, 15) is 0 Å². The molecule has 2 aliphatic rings. The highest BCUT2D eigenvalue weighted by Gasteiger charge is 2.51. The molecule has 0 amide bonds. The molecule has 1 fully saturated rings. The zero-order valence-electron chi connectivity index (χ0n) is 21.0. The summed E-state index contributed by atoms with van der Waals surface area (Å²) >= 11 is 0. The normalized spacial score (nSPS) is 23.4. The lowest BCUT2D eigenvalue weighted by molar-refractivity contribution is 0.00578. The smallest absolute Gasteiger partial charge is 0.399 e. The Morgan fingerprint density at radius 1 is 0.600 bits per heavy atom. The molecule has 0 bridgehead atoms. The highest BCUT2D eigenvalue weighted by Crippen LogP contribution is 2.73. The van der Waals surface area contributed by atoms with Gasteiger partial charge in [-0.25, -0.2) is 0 Å². The summed E-state index contributed by atoms with van der Waals surface area (Å²) in [6.45, 7) is 8.37. The molecule has 0 N–H and O–H groups in total. The van der Waals surface area contributed by atoms with Crippen molar-refractivity contribution < 1.29 is 9.31 Å². The molecule has 4 heteroatoms. The molecule has 0 aromatic heterocycles. The predicted molar refractivity (Wildman–Crippen MR) is 148 cm³/mol. The summed E-state index contributed by atoms with van der Waals surface area (Å²) < 4.78 is 12.5. The first-order valence-electron chi connectivity index (χ1n) is 12.2. The van der Waals surface area contributed by atoms with Gasteiger partial charge in [0.05, 0.1) is 11.2 Å². The van der Waals surface area contributed by atoms with Gasteiger partial charge in [-0.3, -0.25) is 0 Å². The van der Waals surface area contributed by atoms with E-state index in [1.54, 1.807) is 0 Å². The minimum Gasteiger partial charge on any atom is -0.399 e. The van der Waals surface area contributed by atoms with Crippen LogP contribution >= 0.6 is 10.0 Å². The van der Waals surface area contributed by atoms with E-state index in [2.05, 4.69) is 131 Å². The summed E-state index contributed by atoms with van der Waals surface area (Å²) in [5, 5.41) is 0. The van der Waals surface area contributed by atoms with Gasteiger partial charge in [-0.05, 0) is 90.8 Å². The molecule has 176 valence electrons. The molecule has 2 aliphatic heterocycles. The van der Waals surface area contributed by atoms with Gasteiger partial charge in [0.1, 0.15) is 0 Å². The molecule has 35 heavy (non-hydrogen) atoms. The number of hydrogen-bond donors (Lipinski definition) is 0. The van der Waals surface area contributed by atoms with Crippen LogP contribution in [0.3, 0.4) is 0 Å². The average Bonchev–Trinajstić information content (AvgIpc) is 3.26. The molecule has 4 aromatic rings. The van der Waals surface area contributed by atoms with Crippen LogP contribution in [0, 0.1) is 0 Å². The van der Waals surface area contributed by atoms with Crippen LogP contribution in [-0.2, 0) is 9.31 Å². The van der Waals surface area contributed by atoms with Gasteiger partial charge in [0, 0.05) is 9.79 Å². The number of hydrogen-bond acceptors (Lipinski definition) is 2. The second-order valence-electron chi connectivity index (χ2n) is 10.6. The Morgan fingerprint density at radius 2 is 1.17 bits per heavy atom. The van der Waals surface area contributed by atoms with Crippen molar-refractivity contribution in [3.8, 4) is 22.3 Å². The number of fused-ring (bicyclic) bond motifs is 3. The Labute approximate surface area is 210 Å². The molecule has 0 radical (unpaired) electrons. The van der Waals surface area contributed by atoms with Gasteiger partial charge in [0.15, 0.2) is 0 Å². The fourth-order valence-electron chi connectivity index (χ4n) is 5.18. The highest BCUT2D eigenvalue weighted by molar-refractivity contribution is 8.33. The first-order chi connectivity index (χ1) is 16.7. The fourth-order valence-corrected chi connectivity index (χ4v) is 8.58. The summed E-state index contributed by atoms with van der Waals surface area (Å²) in [7, 11) is -1.66. The molecule has 2 nitrogen and oxygen atoms in total. The van der Waals surface area contributed by atoms with Crippen molar-refractivity contribution in [3.05, 3.63) is 97.1 Å². The van der Waals surface area contributed by atoms with Gasteiger partial charge in [-0.15, -0.1) is 0 Å². The monoisotopic (exact) mass is 478 g/mol. The molecule has 4 aromatic carbocycles. The van der Waals surface area contributed by atoms with Crippen molar-refractivity contribution in [2.75, 3.05) is 6.26 Å². The third kappa shape index (κ3) is 3.42. The van der Waals surface area contributed by atoms with Crippen LogP contribution < -0.4 is 5.46 Å². The maximum atomic E-state index is 6.25. The summed E-state index contributed by atoms with van der Waals surface area (Å²) in [5.41, 5.74) is 5.56. The molecule has 1 atom stereocenters. The Hall–Kier alpha value is -2.79. The van der Waals surface area contributed by atoms with Gasteiger partial charge in [-0.1, -0.05) is 72.8 Å². The summed E-state index contributed by atoms with van der Waals surface area (Å²) in [5.74, 6) is 0. The zero-order chi connectivity index (χ0) is 24.4. The zero-order valence-corrected chi connectivity index (χ0v) is 21.9. The molecule has 6 rings (SSSR count). The highest BCUT2D eigenvalue weighted by atomic mass is 32.3. The number of benzene rings is 4. The van der Waals surface area contributed by atoms with E-state index in [0.29, 0.717) is 0 Å². The van der Waals surface area contributed by atoms with E-state index in [4.69, 9.17) is 9.31 Å². The Bertz CT molecular complexity index is 1400. The minimum absolute atomic E-state index is 0.337. The van der Waals surface area contributed by atoms with Gasteiger partial charge < -0.3 is 9.31 Å². The maximum absolute atomic E-state index is 6.25. The van der Waals surface area contributed by atoms with E-state index in [-0.39, 0.29) is 18.3 Å². The van der Waals surface area contributed by atoms with Crippen molar-refractivity contribution in [2.45, 2.75) is 53.6 Å². The van der Waals surface area contributed by atoms with Crippen molar-refractivity contribution in [2.24, 2.45) is 0 Å². The van der Waals surface area contributed by atoms with E-state index >= 15 is 0 Å². The quantitative estimate of drug-likeness (QED) is 0.283. The second-order valence-corrected chi connectivity index (χ2v) is 13.8. The van der Waals surface area contributed by atoms with Crippen LogP contribution in [0.4, 0.5) is 0 Å². The topological polar surface area (TPSA) is 18.5 Å². The minimum atomic E-state index is -1.32. The van der Waals surface area contributed by atoms with Crippen LogP contribution in [0.25, 0.3) is 22.3 Å². The average molecular weight is 478 g/mol. The number of rotatable bonds is 3. The lowest BCUT2D eigenvalue weighted by Gasteiger charge is -2.34. The third-order valence-corrected chi connectivity index (χ3v) is 11.7. The first kappa shape index (κ1) is 22.7. The van der Waals surface area contributed by atoms with Crippen molar-refractivity contribution >= 4 is 22.6 Å². The van der Waals surface area contributed by atoms with E-state index in [1.807, 2.05) is 0 Å². The predicted octanol–water partition coefficient (Wildman–Crippen LogP) is 7.54. The standard InChI is InChI=1S/C31H31BO2S/c1-30(2)31(3,4)34-32(33-30)24-18-15-22(16-19-24)23-17-20-27-26-13-9-10-14-28(26)35(5,29(27)21-23)25-11-7-6-8-12-25/h6-21H,1-5H3. The lowest BCUT2D eigenvalue weighted by atomic mass is 9.78. The van der Waals surface area contributed by atoms with Crippen LogP contribution in [0.15, 0.2) is 112 Å². The summed E-state index contributed by atoms with van der Waals surface area (Å²) in [4.78, 5) is 4.30. The molecular formula is C31H31BO2S. The van der Waals surface area contributed by atoms with Crippen LogP contribution in [0.1, 0.15) is 27.7 Å². The van der Waals surface area contributed by atoms with Crippen LogP contribution in [0.2, 0.25) is 0 Å². The van der Waals surface area contributed by atoms with Gasteiger partial charge in [0.2, 0.25) is 0 Å². The van der Waals surface area contributed by atoms with Crippen molar-refractivity contribution in [3.63, 3.8) is 0 Å². The third-order valence-electron chi connectivity index (χ3n) is 8.02. The Kier molecular flexibility index (Phi) is 5.09. The van der Waals surface area contributed by atoms with Crippen molar-refractivity contribution in [1.82, 2.24) is 0 Å². The van der Waals surface area contributed by atoms with Crippen molar-refractivity contribution in [1.29, 1.82) is 0 Å². The van der Waals surface area contributed by atoms with Gasteiger partial charge in [0.25, 0.3) is 0 Å². The second kappa shape index (κ2) is 7.86. The molecule has 0 aliphatic carbocycles. The SMILES string of the molecule is CC1(C)OB(c2ccc(-c3ccc4c(c3)S(C)(c3ccccc3)c3ccccc3-4)cc2)OC1(C)C. The van der Waals surface area contributed by atoms with E-state index in [1.165, 1.54) is 36.9 Å². The van der Waals surface area contributed by atoms with E-state index < -0.39 is 10.0 Å². The van der Waals surface area contributed by atoms with Crippen LogP contribution in [-0.4, -0.2) is 24.6 Å². The summed E-state index contributed by atoms with van der Waals surface area (Å²) in [6, 6.07) is 35.6. The Morgan fingerprint density at radius 3 is 1.86 bits per heavy atom. The molecule has 1 saturated heterocycles. The first-order valence-corrected chi connectivity index (χ1v) is 14.3. The lowest BCUT2D eigenvalue weighted by Crippen LogP contribution is -2.41. The maximum Gasteiger partial charge on any atom is 0.494 e. The molecule has 1 unspecified atom stereocenters. The Balaban J connectivity index is 1.39. The van der Waals surface area contributed by atoms with Gasteiger partial charge >= 0.3 is 7.12 Å². The molecular weight excluding hydrogens is 447 g/mol. The largest absolute Gasteiger partial charge is 0.494 e. The molecule has 0 spiro atoms. The summed E-state index contributed by atoms with van der Waals surface area (Å²) in [6.07, 6.45) is 2.44.